The largest absolute Gasteiger partial charge is 0.481 e. The Balaban J connectivity index is 1.76. The number of aliphatic carboxylic acids is 2. The van der Waals surface area contributed by atoms with Crippen molar-refractivity contribution in [3.05, 3.63) is 52.1 Å². The van der Waals surface area contributed by atoms with E-state index in [0.29, 0.717) is 18.8 Å². The Hall–Kier alpha value is -4.55. The van der Waals surface area contributed by atoms with Crippen LogP contribution in [0.3, 0.4) is 0 Å². The number of nitrogens with one attached hydrogen (secondary N) is 2. The lowest BCUT2D eigenvalue weighted by molar-refractivity contribution is -0.140. The molecule has 214 valence electrons. The molecule has 0 saturated heterocycles. The molecule has 1 aromatic carbocycles. The number of fused-ring (bicyclic) bond motifs is 1. The van der Waals surface area contributed by atoms with Crippen molar-refractivity contribution < 1.29 is 24.6 Å². The van der Waals surface area contributed by atoms with Crippen LogP contribution >= 0.6 is 0 Å². The number of carbonyl (C=O) groups excluding carboxylic acids is 1. The Bertz CT molecular complexity index is 1380. The number of carboxylic acids is 2. The summed E-state index contributed by atoms with van der Waals surface area (Å²) in [5.41, 5.74) is 6.97. The third-order valence-corrected chi connectivity index (χ3v) is 6.37. The van der Waals surface area contributed by atoms with Crippen molar-refractivity contribution in [3.8, 4) is 0 Å². The molecule has 2 aromatic heterocycles. The molecule has 0 bridgehead atoms. The number of amides is 1. The summed E-state index contributed by atoms with van der Waals surface area (Å²) in [6.45, 7) is 3.22. The van der Waals surface area contributed by atoms with Crippen molar-refractivity contribution in [2.24, 2.45) is 0 Å². The van der Waals surface area contributed by atoms with Crippen molar-refractivity contribution in [2.45, 2.75) is 70.9 Å². The lowest BCUT2D eigenvalue weighted by Crippen LogP contribution is -2.41. The number of H-pyrrole nitrogens is 1. The molecule has 0 aliphatic heterocycles. The fraction of sp³-hybridized carbons (Fsp3) is 0.444. The van der Waals surface area contributed by atoms with Gasteiger partial charge in [0.25, 0.3) is 11.5 Å². The molecule has 40 heavy (non-hydrogen) atoms. The minimum absolute atomic E-state index is 0.0371. The van der Waals surface area contributed by atoms with Crippen molar-refractivity contribution in [1.82, 2.24) is 25.3 Å². The first-order valence-corrected chi connectivity index (χ1v) is 13.3. The summed E-state index contributed by atoms with van der Waals surface area (Å²) in [4.78, 5) is 64.4. The third kappa shape index (κ3) is 8.75. The molecule has 2 heterocycles. The van der Waals surface area contributed by atoms with E-state index in [0.717, 1.165) is 24.9 Å². The van der Waals surface area contributed by atoms with E-state index in [1.807, 2.05) is 0 Å². The molecule has 0 spiro atoms. The van der Waals surface area contributed by atoms with Gasteiger partial charge in [-0.05, 0) is 37.1 Å². The second-order valence-corrected chi connectivity index (χ2v) is 9.52. The first-order chi connectivity index (χ1) is 19.2. The molecular weight excluding hydrogens is 518 g/mol. The van der Waals surface area contributed by atoms with E-state index >= 15 is 0 Å². The van der Waals surface area contributed by atoms with E-state index in [4.69, 9.17) is 10.8 Å². The van der Waals surface area contributed by atoms with Crippen LogP contribution in [-0.2, 0) is 16.1 Å². The van der Waals surface area contributed by atoms with Crippen LogP contribution in [0.25, 0.3) is 11.2 Å². The topological polar surface area (TPSA) is 204 Å². The average Bonchev–Trinajstić information content (AvgIpc) is 2.92. The maximum absolute atomic E-state index is 12.7. The number of anilines is 2. The average molecular weight is 554 g/mol. The van der Waals surface area contributed by atoms with Crippen LogP contribution in [0, 0.1) is 0 Å². The molecule has 13 nitrogen and oxygen atoms in total. The minimum atomic E-state index is -1.31. The molecule has 0 unspecified atom stereocenters. The van der Waals surface area contributed by atoms with Gasteiger partial charge in [0.2, 0.25) is 5.95 Å². The second-order valence-electron chi connectivity index (χ2n) is 9.52. The fourth-order valence-corrected chi connectivity index (χ4v) is 4.22. The predicted molar refractivity (Wildman–Crippen MR) is 149 cm³/mol. The number of hydrogen-bond acceptors (Lipinski definition) is 9. The van der Waals surface area contributed by atoms with Gasteiger partial charge in [0.05, 0.1) is 18.4 Å². The molecular formula is C27H35N7O6. The highest BCUT2D eigenvalue weighted by Crippen LogP contribution is 2.20. The Morgan fingerprint density at radius 3 is 2.42 bits per heavy atom. The number of nitrogens with two attached hydrogens (primary N) is 1. The molecule has 1 atom stereocenters. The SMILES string of the molecule is CCCCCCCCN(Cc1cnc2nc(N)[nH]c(=O)c2n1)c1ccc(C(=O)N[C@@H](CCC(=O)O)C(=O)O)cc1. The van der Waals surface area contributed by atoms with Crippen molar-refractivity contribution in [1.29, 1.82) is 0 Å². The Morgan fingerprint density at radius 1 is 1.05 bits per heavy atom. The van der Waals surface area contributed by atoms with E-state index in [1.54, 1.807) is 30.5 Å². The van der Waals surface area contributed by atoms with Gasteiger partial charge in [-0.15, -0.1) is 0 Å². The smallest absolute Gasteiger partial charge is 0.326 e. The fourth-order valence-electron chi connectivity index (χ4n) is 4.22. The number of nitrogen functional groups attached to an aromatic ring is 1. The van der Waals surface area contributed by atoms with Crippen LogP contribution in [0.15, 0.2) is 35.3 Å². The Kier molecular flexibility index (Phi) is 10.9. The monoisotopic (exact) mass is 553 g/mol. The number of benzene rings is 1. The highest BCUT2D eigenvalue weighted by Gasteiger charge is 2.22. The summed E-state index contributed by atoms with van der Waals surface area (Å²) in [6, 6.07) is 5.36. The van der Waals surface area contributed by atoms with Crippen LogP contribution < -0.4 is 21.5 Å². The Morgan fingerprint density at radius 2 is 1.75 bits per heavy atom. The number of aromatic nitrogens is 4. The normalized spacial score (nSPS) is 11.7. The zero-order valence-electron chi connectivity index (χ0n) is 22.4. The van der Waals surface area contributed by atoms with Crippen LogP contribution in [0.2, 0.25) is 0 Å². The molecule has 0 aliphatic rings. The first kappa shape index (κ1) is 30.0. The van der Waals surface area contributed by atoms with E-state index in [9.17, 15) is 24.3 Å². The number of aromatic amines is 1. The van der Waals surface area contributed by atoms with E-state index in [2.05, 4.69) is 37.1 Å². The van der Waals surface area contributed by atoms with E-state index in [1.165, 1.54) is 19.3 Å². The first-order valence-electron chi connectivity index (χ1n) is 13.3. The molecule has 13 heteroatoms. The maximum atomic E-state index is 12.7. The molecule has 3 aromatic rings. The predicted octanol–water partition coefficient (Wildman–Crippen LogP) is 2.71. The van der Waals surface area contributed by atoms with Crippen molar-refractivity contribution in [3.63, 3.8) is 0 Å². The summed E-state index contributed by atoms with van der Waals surface area (Å²) in [5.74, 6) is -3.09. The number of carbonyl (C=O) groups is 3. The van der Waals surface area contributed by atoms with Gasteiger partial charge in [0.1, 0.15) is 6.04 Å². The third-order valence-electron chi connectivity index (χ3n) is 6.37. The van der Waals surface area contributed by atoms with Gasteiger partial charge in [0, 0.05) is 24.2 Å². The molecule has 0 radical (unpaired) electrons. The number of unbranched alkanes of at least 4 members (excludes halogenated alkanes) is 5. The summed E-state index contributed by atoms with van der Waals surface area (Å²) in [7, 11) is 0. The minimum Gasteiger partial charge on any atom is -0.481 e. The molecule has 6 N–H and O–H groups in total. The van der Waals surface area contributed by atoms with Gasteiger partial charge >= 0.3 is 11.9 Å². The zero-order valence-corrected chi connectivity index (χ0v) is 22.4. The lowest BCUT2D eigenvalue weighted by atomic mass is 10.1. The number of carboxylic acid groups (broad SMARTS) is 2. The molecule has 0 aliphatic carbocycles. The Labute approximate surface area is 230 Å². The quantitative estimate of drug-likeness (QED) is 0.163. The number of nitrogens with zero attached hydrogens (tertiary/aromatic N) is 4. The van der Waals surface area contributed by atoms with Crippen LogP contribution in [0.5, 0.6) is 0 Å². The van der Waals surface area contributed by atoms with Crippen molar-refractivity contribution in [2.75, 3.05) is 17.2 Å². The molecule has 0 saturated carbocycles. The molecule has 1 amide bonds. The molecule has 0 fully saturated rings. The van der Waals surface area contributed by atoms with Gasteiger partial charge in [-0.2, -0.15) is 4.98 Å². The summed E-state index contributed by atoms with van der Waals surface area (Å²) in [5, 5.41) is 20.5. The summed E-state index contributed by atoms with van der Waals surface area (Å²) in [6.07, 6.45) is 7.60. The number of hydrogen-bond donors (Lipinski definition) is 5. The molecule has 3 rings (SSSR count). The summed E-state index contributed by atoms with van der Waals surface area (Å²) < 4.78 is 0. The zero-order chi connectivity index (χ0) is 29.1. The van der Waals surface area contributed by atoms with Gasteiger partial charge in [-0.25, -0.2) is 14.8 Å². The van der Waals surface area contributed by atoms with Gasteiger partial charge in [-0.3, -0.25) is 19.4 Å². The maximum Gasteiger partial charge on any atom is 0.326 e. The van der Waals surface area contributed by atoms with Gasteiger partial charge in [-0.1, -0.05) is 39.0 Å². The second kappa shape index (κ2) is 14.6. The van der Waals surface area contributed by atoms with Crippen LogP contribution in [-0.4, -0.2) is 60.6 Å². The van der Waals surface area contributed by atoms with E-state index < -0.39 is 29.4 Å². The summed E-state index contributed by atoms with van der Waals surface area (Å²) >= 11 is 0. The van der Waals surface area contributed by atoms with Crippen LogP contribution in [0.4, 0.5) is 11.6 Å². The highest BCUT2D eigenvalue weighted by atomic mass is 16.4. The highest BCUT2D eigenvalue weighted by molar-refractivity contribution is 5.97. The lowest BCUT2D eigenvalue weighted by Gasteiger charge is -2.25. The van der Waals surface area contributed by atoms with Gasteiger partial charge < -0.3 is 26.2 Å². The van der Waals surface area contributed by atoms with E-state index in [-0.39, 0.29) is 35.5 Å². The number of rotatable bonds is 16. The van der Waals surface area contributed by atoms with Crippen LogP contribution in [0.1, 0.15) is 74.3 Å². The van der Waals surface area contributed by atoms with Gasteiger partial charge in [0.15, 0.2) is 11.2 Å². The van der Waals surface area contributed by atoms with Crippen molar-refractivity contribution >= 4 is 40.6 Å². The standard InChI is InChI=1S/C27H35N7O6/c1-2-3-4-5-6-7-14-34(16-18-15-29-23-22(30-18)25(38)33-27(28)32-23)19-10-8-17(9-11-19)24(37)31-20(26(39)40)12-13-21(35)36/h8-11,15,20H,2-7,12-14,16H2,1H3,(H,31,37)(H,35,36)(H,39,40)(H3,28,29,32,33,38)/t20-/m0/s1.